The van der Waals surface area contributed by atoms with Gasteiger partial charge in [0, 0.05) is 6.54 Å². The second-order valence-electron chi connectivity index (χ2n) is 3.84. The number of rotatable bonds is 7. The molecule has 20 heavy (non-hydrogen) atoms. The maximum Gasteiger partial charge on any atom is 0.339 e. The van der Waals surface area contributed by atoms with Crippen LogP contribution >= 0.6 is 12.4 Å². The summed E-state index contributed by atoms with van der Waals surface area (Å²) >= 11 is 0. The Balaban J connectivity index is 0.00000361. The maximum absolute atomic E-state index is 12.1. The van der Waals surface area contributed by atoms with Gasteiger partial charge in [-0.1, -0.05) is 12.1 Å². The standard InChI is InChI=1S/C12H18N2O4S.ClH/c1-13-8-5-9-14-19(16,17)11-7-4-3-6-10(11)12(15)18-2;/h3-4,6-7,13-14H,5,8-9H2,1-2H3;1H. The molecule has 1 aromatic rings. The molecule has 114 valence electrons. The van der Waals surface area contributed by atoms with E-state index in [0.29, 0.717) is 19.5 Å². The first-order valence-electron chi connectivity index (χ1n) is 5.84. The number of sulfonamides is 1. The highest BCUT2D eigenvalue weighted by Gasteiger charge is 2.21. The van der Waals surface area contributed by atoms with Crippen molar-refractivity contribution in [3.63, 3.8) is 0 Å². The van der Waals surface area contributed by atoms with Gasteiger partial charge in [0.2, 0.25) is 10.0 Å². The molecule has 0 spiro atoms. The summed E-state index contributed by atoms with van der Waals surface area (Å²) in [5.41, 5.74) is 0.0334. The molecular weight excluding hydrogens is 304 g/mol. The van der Waals surface area contributed by atoms with E-state index in [1.54, 1.807) is 19.2 Å². The summed E-state index contributed by atoms with van der Waals surface area (Å²) < 4.78 is 31.2. The number of nitrogens with one attached hydrogen (secondary N) is 2. The third kappa shape index (κ3) is 5.09. The van der Waals surface area contributed by atoms with Gasteiger partial charge in [-0.25, -0.2) is 17.9 Å². The lowest BCUT2D eigenvalue weighted by atomic mass is 10.2. The molecule has 0 aliphatic rings. The maximum atomic E-state index is 12.1. The zero-order valence-corrected chi connectivity index (χ0v) is 13.0. The average Bonchev–Trinajstić information content (AvgIpc) is 2.43. The molecule has 0 aliphatic heterocycles. The number of benzene rings is 1. The highest BCUT2D eigenvalue weighted by atomic mass is 35.5. The Morgan fingerprint density at radius 3 is 2.50 bits per heavy atom. The van der Waals surface area contributed by atoms with Crippen molar-refractivity contribution in [1.82, 2.24) is 10.0 Å². The molecule has 0 saturated carbocycles. The predicted octanol–water partition coefficient (Wildman–Crippen LogP) is 0.783. The van der Waals surface area contributed by atoms with Crippen molar-refractivity contribution in [3.05, 3.63) is 29.8 Å². The predicted molar refractivity (Wildman–Crippen MR) is 78.8 cm³/mol. The van der Waals surface area contributed by atoms with Crippen LogP contribution in [0.2, 0.25) is 0 Å². The smallest absolute Gasteiger partial charge is 0.339 e. The van der Waals surface area contributed by atoms with E-state index >= 15 is 0 Å². The van der Waals surface area contributed by atoms with Gasteiger partial charge in [0.25, 0.3) is 0 Å². The number of hydrogen-bond acceptors (Lipinski definition) is 5. The van der Waals surface area contributed by atoms with Crippen LogP contribution < -0.4 is 10.0 Å². The number of hydrogen-bond donors (Lipinski definition) is 2. The fraction of sp³-hybridized carbons (Fsp3) is 0.417. The molecule has 0 atom stereocenters. The Kier molecular flexibility index (Phi) is 8.40. The summed E-state index contributed by atoms with van der Waals surface area (Å²) in [5, 5.41) is 2.92. The minimum absolute atomic E-state index is 0. The summed E-state index contributed by atoms with van der Waals surface area (Å²) in [4.78, 5) is 11.5. The van der Waals surface area contributed by atoms with Crippen molar-refractivity contribution in [2.75, 3.05) is 27.2 Å². The van der Waals surface area contributed by atoms with E-state index in [9.17, 15) is 13.2 Å². The van der Waals surface area contributed by atoms with E-state index in [0.717, 1.165) is 0 Å². The summed E-state index contributed by atoms with van der Waals surface area (Å²) in [6.07, 6.45) is 0.663. The second kappa shape index (κ2) is 8.91. The fourth-order valence-corrected chi connectivity index (χ4v) is 2.80. The largest absolute Gasteiger partial charge is 0.465 e. The first-order valence-corrected chi connectivity index (χ1v) is 7.33. The summed E-state index contributed by atoms with van der Waals surface area (Å²) in [5.74, 6) is -0.670. The van der Waals surface area contributed by atoms with Gasteiger partial charge in [0.1, 0.15) is 0 Å². The summed E-state index contributed by atoms with van der Waals surface area (Å²) in [6.45, 7) is 1.01. The molecule has 0 saturated heterocycles. The van der Waals surface area contributed by atoms with Gasteiger partial charge in [-0.3, -0.25) is 0 Å². The van der Waals surface area contributed by atoms with Gasteiger partial charge < -0.3 is 10.1 Å². The van der Waals surface area contributed by atoms with E-state index in [2.05, 4.69) is 14.8 Å². The minimum Gasteiger partial charge on any atom is -0.465 e. The first kappa shape index (κ1) is 18.9. The number of halogens is 1. The molecule has 8 heteroatoms. The van der Waals surface area contributed by atoms with Crippen LogP contribution in [0.4, 0.5) is 0 Å². The number of ether oxygens (including phenoxy) is 1. The van der Waals surface area contributed by atoms with Crippen LogP contribution in [0.1, 0.15) is 16.8 Å². The van der Waals surface area contributed by atoms with Crippen LogP contribution in [-0.2, 0) is 14.8 Å². The Morgan fingerprint density at radius 1 is 1.25 bits per heavy atom. The zero-order valence-electron chi connectivity index (χ0n) is 11.4. The topological polar surface area (TPSA) is 84.5 Å². The van der Waals surface area contributed by atoms with Crippen molar-refractivity contribution < 1.29 is 17.9 Å². The molecule has 0 heterocycles. The highest BCUT2D eigenvalue weighted by Crippen LogP contribution is 2.16. The lowest BCUT2D eigenvalue weighted by Gasteiger charge is -2.10. The molecular formula is C12H19ClN2O4S. The summed E-state index contributed by atoms with van der Waals surface area (Å²) in [6, 6.07) is 5.96. The molecule has 6 nitrogen and oxygen atoms in total. The fourth-order valence-electron chi connectivity index (χ4n) is 1.53. The third-order valence-electron chi connectivity index (χ3n) is 2.48. The van der Waals surface area contributed by atoms with Crippen LogP contribution in [0, 0.1) is 0 Å². The first-order chi connectivity index (χ1) is 9.03. The molecule has 1 aromatic carbocycles. The highest BCUT2D eigenvalue weighted by molar-refractivity contribution is 7.89. The lowest BCUT2D eigenvalue weighted by molar-refractivity contribution is 0.0596. The van der Waals surface area contributed by atoms with Crippen molar-refractivity contribution in [2.24, 2.45) is 0 Å². The number of carbonyl (C=O) groups excluding carboxylic acids is 1. The normalized spacial score (nSPS) is 10.7. The Labute approximate surface area is 125 Å². The molecule has 2 N–H and O–H groups in total. The Morgan fingerprint density at radius 2 is 1.90 bits per heavy atom. The van der Waals surface area contributed by atoms with E-state index < -0.39 is 16.0 Å². The SMILES string of the molecule is CNCCCNS(=O)(=O)c1ccccc1C(=O)OC.Cl. The Hall–Kier alpha value is -1.15. The molecule has 0 amide bonds. The van der Waals surface area contributed by atoms with Crippen LogP contribution in [0.15, 0.2) is 29.2 Å². The van der Waals surface area contributed by atoms with Crippen molar-refractivity contribution in [2.45, 2.75) is 11.3 Å². The molecule has 0 unspecified atom stereocenters. The molecule has 0 aliphatic carbocycles. The van der Waals surface area contributed by atoms with Gasteiger partial charge in [-0.2, -0.15) is 0 Å². The molecule has 1 rings (SSSR count). The number of esters is 1. The van der Waals surface area contributed by atoms with Gasteiger partial charge >= 0.3 is 5.97 Å². The molecule has 0 fully saturated rings. The Bertz CT molecular complexity index is 534. The quantitative estimate of drug-likeness (QED) is 0.572. The minimum atomic E-state index is -3.71. The number of carbonyl (C=O) groups is 1. The van der Waals surface area contributed by atoms with Gasteiger partial charge in [-0.15, -0.1) is 12.4 Å². The molecule has 0 aromatic heterocycles. The monoisotopic (exact) mass is 322 g/mol. The van der Waals surface area contributed by atoms with E-state index in [-0.39, 0.29) is 22.9 Å². The van der Waals surface area contributed by atoms with Crippen LogP contribution in [0.25, 0.3) is 0 Å². The van der Waals surface area contributed by atoms with Crippen molar-refractivity contribution in [3.8, 4) is 0 Å². The van der Waals surface area contributed by atoms with Crippen LogP contribution in [-0.4, -0.2) is 41.6 Å². The van der Waals surface area contributed by atoms with Crippen LogP contribution in [0.3, 0.4) is 0 Å². The third-order valence-corrected chi connectivity index (χ3v) is 4.00. The number of methoxy groups -OCH3 is 1. The van der Waals surface area contributed by atoms with E-state index in [1.807, 2.05) is 0 Å². The molecule has 0 bridgehead atoms. The average molecular weight is 323 g/mol. The van der Waals surface area contributed by atoms with E-state index in [1.165, 1.54) is 19.2 Å². The molecule has 0 radical (unpaired) electrons. The van der Waals surface area contributed by atoms with Crippen molar-refractivity contribution >= 4 is 28.4 Å². The summed E-state index contributed by atoms with van der Waals surface area (Å²) in [7, 11) is -0.698. The zero-order chi connectivity index (χ0) is 14.3. The van der Waals surface area contributed by atoms with E-state index in [4.69, 9.17) is 0 Å². The lowest BCUT2D eigenvalue weighted by Crippen LogP contribution is -2.28. The van der Waals surface area contributed by atoms with Crippen LogP contribution in [0.5, 0.6) is 0 Å². The van der Waals surface area contributed by atoms with Gasteiger partial charge in [0.05, 0.1) is 17.6 Å². The second-order valence-corrected chi connectivity index (χ2v) is 5.58. The van der Waals surface area contributed by atoms with Gasteiger partial charge in [0.15, 0.2) is 0 Å². The van der Waals surface area contributed by atoms with Crippen molar-refractivity contribution in [1.29, 1.82) is 0 Å². The van der Waals surface area contributed by atoms with Gasteiger partial charge in [-0.05, 0) is 32.1 Å².